The first-order chi connectivity index (χ1) is 16.5. The van der Waals surface area contributed by atoms with E-state index in [1.807, 2.05) is 31.2 Å². The number of methoxy groups -OCH3 is 1. The van der Waals surface area contributed by atoms with Crippen molar-refractivity contribution >= 4 is 28.5 Å². The fraction of sp³-hybridized carbons (Fsp3) is 0.407. The summed E-state index contributed by atoms with van der Waals surface area (Å²) >= 11 is 6.29. The van der Waals surface area contributed by atoms with Crippen LogP contribution in [-0.4, -0.2) is 37.7 Å². The van der Waals surface area contributed by atoms with Gasteiger partial charge in [-0.05, 0) is 48.7 Å². The molecule has 0 fully saturated rings. The second-order valence-electron chi connectivity index (χ2n) is 8.64. The first-order valence-corrected chi connectivity index (χ1v) is 12.1. The molecule has 1 aromatic heterocycles. The van der Waals surface area contributed by atoms with Crippen LogP contribution in [0.2, 0.25) is 5.02 Å². The lowest BCUT2D eigenvalue weighted by molar-refractivity contribution is 0.0663. The zero-order valence-corrected chi connectivity index (χ0v) is 20.6. The summed E-state index contributed by atoms with van der Waals surface area (Å²) in [5.74, 6) is 0.525. The first-order valence-electron chi connectivity index (χ1n) is 11.8. The number of ether oxygens (including phenoxy) is 2. The third kappa shape index (κ3) is 4.70. The summed E-state index contributed by atoms with van der Waals surface area (Å²) < 4.78 is 17.1. The van der Waals surface area contributed by atoms with Gasteiger partial charge in [0.1, 0.15) is 11.3 Å². The SMILES string of the molecule is CCCCCCOc1ccc(C2c3c(oc4cc(C)c(Cl)cc4c3=O)C(=O)N2CCOC)cc1. The number of unbranched alkanes of at least 4 members (excludes halogenated alkanes) is 3. The Hall–Kier alpha value is -2.83. The maximum atomic E-state index is 13.6. The van der Waals surface area contributed by atoms with Gasteiger partial charge in [0.25, 0.3) is 5.91 Å². The standard InChI is InChI=1S/C27H30ClNO5/c1-4-5-6-7-13-33-19-10-8-18(9-11-19)24-23-25(30)20-16-21(28)17(2)15-22(20)34-26(23)27(31)29(24)12-14-32-3/h8-11,15-16,24H,4-7,12-14H2,1-3H3. The van der Waals surface area contributed by atoms with E-state index in [1.165, 1.54) is 12.8 Å². The number of amides is 1. The Bertz CT molecular complexity index is 1230. The molecule has 180 valence electrons. The molecule has 0 bridgehead atoms. The molecular weight excluding hydrogens is 454 g/mol. The molecule has 1 aliphatic rings. The van der Waals surface area contributed by atoms with Gasteiger partial charge >= 0.3 is 0 Å². The van der Waals surface area contributed by atoms with E-state index in [9.17, 15) is 9.59 Å². The topological polar surface area (TPSA) is 69.0 Å². The van der Waals surface area contributed by atoms with Crippen molar-refractivity contribution in [1.82, 2.24) is 4.90 Å². The van der Waals surface area contributed by atoms with Crippen molar-refractivity contribution in [3.63, 3.8) is 0 Å². The summed E-state index contributed by atoms with van der Waals surface area (Å²) in [7, 11) is 1.58. The summed E-state index contributed by atoms with van der Waals surface area (Å²) in [5, 5.41) is 0.852. The molecule has 7 heteroatoms. The monoisotopic (exact) mass is 483 g/mol. The van der Waals surface area contributed by atoms with Crippen molar-refractivity contribution in [3.8, 4) is 5.75 Å². The highest BCUT2D eigenvalue weighted by Crippen LogP contribution is 2.39. The van der Waals surface area contributed by atoms with Crippen molar-refractivity contribution in [1.29, 1.82) is 0 Å². The van der Waals surface area contributed by atoms with Crippen LogP contribution in [0.15, 0.2) is 45.6 Å². The van der Waals surface area contributed by atoms with E-state index in [4.69, 9.17) is 25.5 Å². The smallest absolute Gasteiger partial charge is 0.290 e. The van der Waals surface area contributed by atoms with Gasteiger partial charge in [-0.15, -0.1) is 0 Å². The first kappa shape index (κ1) is 24.3. The molecule has 6 nitrogen and oxygen atoms in total. The Labute approximate surface area is 204 Å². The lowest BCUT2D eigenvalue weighted by Crippen LogP contribution is -2.32. The van der Waals surface area contributed by atoms with Crippen LogP contribution in [0.5, 0.6) is 5.75 Å². The van der Waals surface area contributed by atoms with Gasteiger partial charge in [-0.25, -0.2) is 0 Å². The molecule has 1 atom stereocenters. The fourth-order valence-corrected chi connectivity index (χ4v) is 4.54. The van der Waals surface area contributed by atoms with E-state index in [2.05, 4.69) is 6.92 Å². The molecule has 0 saturated heterocycles. The van der Waals surface area contributed by atoms with E-state index in [1.54, 1.807) is 24.1 Å². The molecule has 0 aliphatic carbocycles. The zero-order valence-electron chi connectivity index (χ0n) is 19.9. The molecular formula is C27H30ClNO5. The Morgan fingerprint density at radius 1 is 1.06 bits per heavy atom. The van der Waals surface area contributed by atoms with Crippen molar-refractivity contribution in [2.24, 2.45) is 0 Å². The van der Waals surface area contributed by atoms with Crippen molar-refractivity contribution in [2.45, 2.75) is 45.6 Å². The molecule has 3 aromatic rings. The summed E-state index contributed by atoms with van der Waals surface area (Å²) in [4.78, 5) is 28.5. The molecule has 1 unspecified atom stereocenters. The maximum absolute atomic E-state index is 13.6. The summed E-state index contributed by atoms with van der Waals surface area (Å²) in [6.07, 6.45) is 4.56. The molecule has 34 heavy (non-hydrogen) atoms. The lowest BCUT2D eigenvalue weighted by atomic mass is 9.98. The van der Waals surface area contributed by atoms with Gasteiger partial charge in [-0.3, -0.25) is 9.59 Å². The Kier molecular flexibility index (Phi) is 7.59. The van der Waals surface area contributed by atoms with Crippen molar-refractivity contribution < 1.29 is 18.7 Å². The van der Waals surface area contributed by atoms with E-state index < -0.39 is 6.04 Å². The zero-order chi connectivity index (χ0) is 24.2. The van der Waals surface area contributed by atoms with Gasteiger partial charge in [0.2, 0.25) is 5.76 Å². The van der Waals surface area contributed by atoms with Crippen LogP contribution in [0.25, 0.3) is 11.0 Å². The van der Waals surface area contributed by atoms with Crippen LogP contribution in [0.4, 0.5) is 0 Å². The average Bonchev–Trinajstić information content (AvgIpc) is 3.11. The van der Waals surface area contributed by atoms with Crippen LogP contribution < -0.4 is 10.2 Å². The summed E-state index contributed by atoms with van der Waals surface area (Å²) in [5.41, 5.74) is 2.04. The molecule has 0 saturated carbocycles. The number of carbonyl (C=O) groups is 1. The molecule has 2 aromatic carbocycles. The molecule has 0 spiro atoms. The number of carbonyl (C=O) groups excluding carboxylic acids is 1. The number of hydrogen-bond donors (Lipinski definition) is 0. The summed E-state index contributed by atoms with van der Waals surface area (Å²) in [6.45, 7) is 5.35. The van der Waals surface area contributed by atoms with Gasteiger partial charge in [0.15, 0.2) is 5.43 Å². The minimum Gasteiger partial charge on any atom is -0.494 e. The number of nitrogens with zero attached hydrogens (tertiary/aromatic N) is 1. The van der Waals surface area contributed by atoms with Crippen LogP contribution in [0, 0.1) is 6.92 Å². The van der Waals surface area contributed by atoms with Crippen LogP contribution >= 0.6 is 11.6 Å². The van der Waals surface area contributed by atoms with E-state index in [0.717, 1.165) is 29.7 Å². The van der Waals surface area contributed by atoms with E-state index >= 15 is 0 Å². The van der Waals surface area contributed by atoms with Gasteiger partial charge < -0.3 is 18.8 Å². The second kappa shape index (κ2) is 10.6. The molecule has 1 amide bonds. The van der Waals surface area contributed by atoms with Crippen molar-refractivity contribution in [3.05, 3.63) is 74.1 Å². The van der Waals surface area contributed by atoms with Crippen molar-refractivity contribution in [2.75, 3.05) is 26.9 Å². The minimum atomic E-state index is -0.572. The Balaban J connectivity index is 1.71. The number of benzene rings is 2. The number of hydrogen-bond acceptors (Lipinski definition) is 5. The highest BCUT2D eigenvalue weighted by Gasteiger charge is 2.42. The quantitative estimate of drug-likeness (QED) is 0.335. The van der Waals surface area contributed by atoms with Gasteiger partial charge in [-0.1, -0.05) is 49.9 Å². The third-order valence-electron chi connectivity index (χ3n) is 6.25. The van der Waals surface area contributed by atoms with Gasteiger partial charge in [-0.2, -0.15) is 0 Å². The number of rotatable bonds is 10. The molecule has 2 heterocycles. The van der Waals surface area contributed by atoms with E-state index in [-0.39, 0.29) is 17.1 Å². The number of fused-ring (bicyclic) bond motifs is 2. The predicted molar refractivity (Wildman–Crippen MR) is 133 cm³/mol. The molecule has 4 rings (SSSR count). The van der Waals surface area contributed by atoms with Gasteiger partial charge in [0.05, 0.1) is 30.2 Å². The Morgan fingerprint density at radius 3 is 2.53 bits per heavy atom. The highest BCUT2D eigenvalue weighted by atomic mass is 35.5. The predicted octanol–water partition coefficient (Wildman–Crippen LogP) is 5.91. The normalized spacial score (nSPS) is 15.2. The van der Waals surface area contributed by atoms with Crippen LogP contribution in [-0.2, 0) is 4.74 Å². The van der Waals surface area contributed by atoms with E-state index in [0.29, 0.717) is 41.3 Å². The number of halogens is 1. The summed E-state index contributed by atoms with van der Waals surface area (Å²) in [6, 6.07) is 10.3. The fourth-order valence-electron chi connectivity index (χ4n) is 4.37. The maximum Gasteiger partial charge on any atom is 0.290 e. The lowest BCUT2D eigenvalue weighted by Gasteiger charge is -2.25. The molecule has 0 N–H and O–H groups in total. The van der Waals surface area contributed by atoms with Crippen LogP contribution in [0.3, 0.4) is 0 Å². The third-order valence-corrected chi connectivity index (χ3v) is 6.65. The molecule has 1 aliphatic heterocycles. The molecule has 0 radical (unpaired) electrons. The minimum absolute atomic E-state index is 0.0802. The Morgan fingerprint density at radius 2 is 1.82 bits per heavy atom. The average molecular weight is 484 g/mol. The largest absolute Gasteiger partial charge is 0.494 e. The van der Waals surface area contributed by atoms with Crippen LogP contribution in [0.1, 0.15) is 65.9 Å². The van der Waals surface area contributed by atoms with Gasteiger partial charge in [0, 0.05) is 18.7 Å². The second-order valence-corrected chi connectivity index (χ2v) is 9.05. The highest BCUT2D eigenvalue weighted by molar-refractivity contribution is 6.32. The number of aryl methyl sites for hydroxylation is 1.